The highest BCUT2D eigenvalue weighted by molar-refractivity contribution is 7.99. The van der Waals surface area contributed by atoms with Crippen LogP contribution in [-0.4, -0.2) is 39.4 Å². The van der Waals surface area contributed by atoms with E-state index in [9.17, 15) is 4.79 Å². The summed E-state index contributed by atoms with van der Waals surface area (Å²) in [6.07, 6.45) is 8.15. The molecule has 0 spiro atoms. The molecule has 168 valence electrons. The van der Waals surface area contributed by atoms with Crippen LogP contribution in [0.15, 0.2) is 64.9 Å². The van der Waals surface area contributed by atoms with E-state index in [4.69, 9.17) is 26.2 Å². The molecule has 33 heavy (non-hydrogen) atoms. The van der Waals surface area contributed by atoms with Crippen molar-refractivity contribution in [2.24, 2.45) is 0 Å². The molecular weight excluding hydrogens is 460 g/mol. The SMILES string of the molecule is COC(=O)c1cc2ccc(-c3c(Sc4ccc(Cl)cn4)cnn3C3CCCCO3)cc2cn1. The Morgan fingerprint density at radius 1 is 1.12 bits per heavy atom. The Kier molecular flexibility index (Phi) is 6.30. The fourth-order valence-electron chi connectivity index (χ4n) is 3.87. The summed E-state index contributed by atoms with van der Waals surface area (Å²) in [4.78, 5) is 21.5. The standard InChI is InChI=1S/C24H21ClN4O3S/c1-31-24(30)19-11-15-5-6-16(10-17(15)12-26-19)23-20(33-21-8-7-18(25)13-27-21)14-28-29(23)22-4-2-3-9-32-22/h5-8,10-14,22H,2-4,9H2,1H3. The van der Waals surface area contributed by atoms with Gasteiger partial charge in [-0.25, -0.2) is 19.4 Å². The monoisotopic (exact) mass is 480 g/mol. The van der Waals surface area contributed by atoms with Gasteiger partial charge >= 0.3 is 5.97 Å². The number of halogens is 1. The quantitative estimate of drug-likeness (QED) is 0.335. The molecular formula is C24H21ClN4O3S. The third-order valence-electron chi connectivity index (χ3n) is 5.49. The van der Waals surface area contributed by atoms with E-state index < -0.39 is 5.97 Å². The average molecular weight is 481 g/mol. The van der Waals surface area contributed by atoms with E-state index >= 15 is 0 Å². The number of fused-ring (bicyclic) bond motifs is 1. The summed E-state index contributed by atoms with van der Waals surface area (Å²) in [7, 11) is 1.35. The summed E-state index contributed by atoms with van der Waals surface area (Å²) in [5.74, 6) is -0.456. The number of carbonyl (C=O) groups excluding carboxylic acids is 1. The predicted molar refractivity (Wildman–Crippen MR) is 127 cm³/mol. The highest BCUT2D eigenvalue weighted by Crippen LogP contribution is 2.39. The molecule has 0 bridgehead atoms. The summed E-state index contributed by atoms with van der Waals surface area (Å²) in [5, 5.41) is 7.94. The van der Waals surface area contributed by atoms with Crippen LogP contribution in [0.5, 0.6) is 0 Å². The van der Waals surface area contributed by atoms with E-state index in [0.717, 1.165) is 57.8 Å². The molecule has 1 unspecified atom stereocenters. The molecule has 1 fully saturated rings. The zero-order chi connectivity index (χ0) is 22.8. The highest BCUT2D eigenvalue weighted by atomic mass is 35.5. The Bertz CT molecular complexity index is 1300. The molecule has 4 aromatic rings. The maximum Gasteiger partial charge on any atom is 0.356 e. The smallest absolute Gasteiger partial charge is 0.356 e. The van der Waals surface area contributed by atoms with Crippen molar-refractivity contribution in [3.8, 4) is 11.3 Å². The van der Waals surface area contributed by atoms with Gasteiger partial charge in [0, 0.05) is 30.0 Å². The van der Waals surface area contributed by atoms with Crippen LogP contribution in [0.3, 0.4) is 0 Å². The van der Waals surface area contributed by atoms with Crippen molar-refractivity contribution >= 4 is 40.1 Å². The van der Waals surface area contributed by atoms with Gasteiger partial charge in [-0.2, -0.15) is 5.10 Å². The molecule has 1 atom stereocenters. The van der Waals surface area contributed by atoms with Crippen molar-refractivity contribution < 1.29 is 14.3 Å². The lowest BCUT2D eigenvalue weighted by molar-refractivity contribution is -0.0384. The van der Waals surface area contributed by atoms with Gasteiger partial charge in [-0.05, 0) is 48.9 Å². The van der Waals surface area contributed by atoms with Crippen molar-refractivity contribution in [2.75, 3.05) is 13.7 Å². The van der Waals surface area contributed by atoms with E-state index in [1.54, 1.807) is 18.5 Å². The number of pyridine rings is 2. The molecule has 0 radical (unpaired) electrons. The van der Waals surface area contributed by atoms with Crippen LogP contribution in [0.25, 0.3) is 22.0 Å². The van der Waals surface area contributed by atoms with Crippen LogP contribution >= 0.6 is 23.4 Å². The van der Waals surface area contributed by atoms with E-state index in [1.165, 1.54) is 18.9 Å². The second kappa shape index (κ2) is 9.51. The minimum atomic E-state index is -0.456. The number of ether oxygens (including phenoxy) is 2. The second-order valence-electron chi connectivity index (χ2n) is 7.66. The molecule has 1 aromatic carbocycles. The van der Waals surface area contributed by atoms with Crippen molar-refractivity contribution in [1.29, 1.82) is 0 Å². The minimum absolute atomic E-state index is 0.114. The molecule has 1 aliphatic heterocycles. The van der Waals surface area contributed by atoms with Gasteiger partial charge in [0.1, 0.15) is 10.7 Å². The normalized spacial score (nSPS) is 16.1. The van der Waals surface area contributed by atoms with Gasteiger partial charge in [-0.3, -0.25) is 0 Å². The van der Waals surface area contributed by atoms with Crippen molar-refractivity contribution in [3.63, 3.8) is 0 Å². The maximum absolute atomic E-state index is 11.8. The van der Waals surface area contributed by atoms with Crippen LogP contribution in [0.4, 0.5) is 0 Å². The lowest BCUT2D eigenvalue weighted by Crippen LogP contribution is -2.20. The number of rotatable bonds is 5. The van der Waals surface area contributed by atoms with Crippen molar-refractivity contribution in [3.05, 3.63) is 65.7 Å². The topological polar surface area (TPSA) is 79.1 Å². The third-order valence-corrected chi connectivity index (χ3v) is 6.69. The molecule has 1 aliphatic rings. The third kappa shape index (κ3) is 4.59. The predicted octanol–water partition coefficient (Wildman–Crippen LogP) is 5.78. The Morgan fingerprint density at radius 2 is 2.03 bits per heavy atom. The number of hydrogen-bond donors (Lipinski definition) is 0. The van der Waals surface area contributed by atoms with Crippen LogP contribution in [-0.2, 0) is 9.47 Å². The molecule has 7 nitrogen and oxygen atoms in total. The summed E-state index contributed by atoms with van der Waals surface area (Å²) in [5.41, 5.74) is 2.23. The van der Waals surface area contributed by atoms with Crippen LogP contribution in [0.1, 0.15) is 36.0 Å². The highest BCUT2D eigenvalue weighted by Gasteiger charge is 2.23. The van der Waals surface area contributed by atoms with Crippen LogP contribution in [0.2, 0.25) is 5.02 Å². The van der Waals surface area contributed by atoms with Crippen molar-refractivity contribution in [1.82, 2.24) is 19.7 Å². The van der Waals surface area contributed by atoms with E-state index in [0.29, 0.717) is 5.02 Å². The number of hydrogen-bond acceptors (Lipinski definition) is 7. The van der Waals surface area contributed by atoms with Gasteiger partial charge in [0.2, 0.25) is 0 Å². The first kappa shape index (κ1) is 21.9. The Morgan fingerprint density at radius 3 is 2.79 bits per heavy atom. The molecule has 1 saturated heterocycles. The molecule has 4 heterocycles. The Labute approximate surface area is 200 Å². The first-order chi connectivity index (χ1) is 16.1. The van der Waals surface area contributed by atoms with E-state index in [1.807, 2.05) is 35.1 Å². The van der Waals surface area contributed by atoms with E-state index in [-0.39, 0.29) is 11.9 Å². The number of nitrogens with zero attached hydrogens (tertiary/aromatic N) is 4. The summed E-state index contributed by atoms with van der Waals surface area (Å²) in [6.45, 7) is 0.725. The van der Waals surface area contributed by atoms with Gasteiger partial charge in [0.25, 0.3) is 0 Å². The number of esters is 1. The summed E-state index contributed by atoms with van der Waals surface area (Å²) >= 11 is 7.54. The summed E-state index contributed by atoms with van der Waals surface area (Å²) in [6, 6.07) is 11.5. The van der Waals surface area contributed by atoms with Gasteiger partial charge in [0.05, 0.1) is 28.9 Å². The molecule has 0 saturated carbocycles. The fraction of sp³-hybridized carbons (Fsp3) is 0.250. The van der Waals surface area contributed by atoms with Gasteiger partial charge in [-0.15, -0.1) is 0 Å². The number of aromatic nitrogens is 4. The lowest BCUT2D eigenvalue weighted by atomic mass is 10.1. The zero-order valence-electron chi connectivity index (χ0n) is 17.9. The van der Waals surface area contributed by atoms with Gasteiger partial charge in [-0.1, -0.05) is 35.5 Å². The first-order valence-corrected chi connectivity index (χ1v) is 11.8. The summed E-state index contributed by atoms with van der Waals surface area (Å²) < 4.78 is 12.8. The van der Waals surface area contributed by atoms with Gasteiger partial charge < -0.3 is 9.47 Å². The Hall–Kier alpha value is -2.94. The molecule has 0 aliphatic carbocycles. The number of carbonyl (C=O) groups is 1. The first-order valence-electron chi connectivity index (χ1n) is 10.6. The fourth-order valence-corrected chi connectivity index (χ4v) is 4.86. The van der Waals surface area contributed by atoms with Crippen LogP contribution < -0.4 is 0 Å². The minimum Gasteiger partial charge on any atom is -0.464 e. The van der Waals surface area contributed by atoms with Crippen molar-refractivity contribution in [2.45, 2.75) is 35.4 Å². The largest absolute Gasteiger partial charge is 0.464 e. The number of methoxy groups -OCH3 is 1. The average Bonchev–Trinajstić information content (AvgIpc) is 3.28. The number of benzene rings is 1. The molecule has 0 N–H and O–H groups in total. The molecule has 5 rings (SSSR count). The zero-order valence-corrected chi connectivity index (χ0v) is 19.5. The van der Waals surface area contributed by atoms with Gasteiger partial charge in [0.15, 0.2) is 6.23 Å². The van der Waals surface area contributed by atoms with Crippen LogP contribution in [0, 0.1) is 0 Å². The maximum atomic E-state index is 11.8. The molecule has 9 heteroatoms. The second-order valence-corrected chi connectivity index (χ2v) is 9.16. The Balaban J connectivity index is 1.58. The molecule has 3 aromatic heterocycles. The lowest BCUT2D eigenvalue weighted by Gasteiger charge is -2.25. The molecule has 0 amide bonds. The van der Waals surface area contributed by atoms with E-state index in [2.05, 4.69) is 16.0 Å².